The highest BCUT2D eigenvalue weighted by molar-refractivity contribution is 5.44. The molecule has 0 aliphatic carbocycles. The number of benzene rings is 1. The second-order valence-electron chi connectivity index (χ2n) is 10.6. The van der Waals surface area contributed by atoms with Crippen molar-refractivity contribution in [2.75, 3.05) is 13.2 Å². The minimum absolute atomic E-state index is 0.118. The molecule has 0 atom stereocenters. The Balaban J connectivity index is 2.37. The quantitative estimate of drug-likeness (QED) is 0.185. The standard InChI is InChI=1S/C30H54O2/c1-6-8-10-12-14-16-18-20-24-31-28-23-22-27(30(3,4)5)26-29(28)32-25-21-19-17-15-13-11-9-7-2/h22-23,26H,6-21,24-25H2,1-5H3. The van der Waals surface area contributed by atoms with Crippen molar-refractivity contribution in [2.24, 2.45) is 0 Å². The summed E-state index contributed by atoms with van der Waals surface area (Å²) >= 11 is 0. The molecule has 186 valence electrons. The van der Waals surface area contributed by atoms with E-state index in [2.05, 4.69) is 52.8 Å². The second-order valence-corrected chi connectivity index (χ2v) is 10.6. The van der Waals surface area contributed by atoms with Crippen LogP contribution in [0.3, 0.4) is 0 Å². The molecule has 0 amide bonds. The molecule has 0 spiro atoms. The first-order valence-corrected chi connectivity index (χ1v) is 13.9. The maximum absolute atomic E-state index is 6.23. The molecule has 0 radical (unpaired) electrons. The zero-order chi connectivity index (χ0) is 23.5. The van der Waals surface area contributed by atoms with Crippen LogP contribution in [0.15, 0.2) is 18.2 Å². The Labute approximate surface area is 200 Å². The summed E-state index contributed by atoms with van der Waals surface area (Å²) in [5.74, 6) is 1.85. The summed E-state index contributed by atoms with van der Waals surface area (Å²) in [5.41, 5.74) is 1.43. The lowest BCUT2D eigenvalue weighted by atomic mass is 9.87. The highest BCUT2D eigenvalue weighted by atomic mass is 16.5. The maximum atomic E-state index is 6.23. The van der Waals surface area contributed by atoms with Gasteiger partial charge in [0, 0.05) is 0 Å². The van der Waals surface area contributed by atoms with Crippen LogP contribution in [0.4, 0.5) is 0 Å². The second kappa shape index (κ2) is 18.3. The fourth-order valence-electron chi connectivity index (χ4n) is 4.04. The number of unbranched alkanes of at least 4 members (excludes halogenated alkanes) is 14. The summed E-state index contributed by atoms with van der Waals surface area (Å²) in [4.78, 5) is 0. The van der Waals surface area contributed by atoms with Gasteiger partial charge in [0.1, 0.15) is 0 Å². The number of ether oxygens (including phenoxy) is 2. The van der Waals surface area contributed by atoms with Crippen molar-refractivity contribution in [3.63, 3.8) is 0 Å². The number of hydrogen-bond donors (Lipinski definition) is 0. The third-order valence-electron chi connectivity index (χ3n) is 6.32. The van der Waals surface area contributed by atoms with E-state index < -0.39 is 0 Å². The Morgan fingerprint density at radius 2 is 0.938 bits per heavy atom. The normalized spacial score (nSPS) is 11.7. The Hall–Kier alpha value is -1.18. The molecule has 0 fully saturated rings. The molecule has 0 N–H and O–H groups in total. The van der Waals surface area contributed by atoms with Crippen LogP contribution in [-0.4, -0.2) is 13.2 Å². The van der Waals surface area contributed by atoms with Gasteiger partial charge in [-0.05, 0) is 36.0 Å². The van der Waals surface area contributed by atoms with Crippen molar-refractivity contribution in [3.05, 3.63) is 23.8 Å². The molecule has 0 saturated heterocycles. The van der Waals surface area contributed by atoms with Crippen molar-refractivity contribution in [1.82, 2.24) is 0 Å². The van der Waals surface area contributed by atoms with E-state index in [9.17, 15) is 0 Å². The van der Waals surface area contributed by atoms with E-state index in [0.29, 0.717) is 0 Å². The van der Waals surface area contributed by atoms with Crippen LogP contribution in [0.1, 0.15) is 143 Å². The molecular weight excluding hydrogens is 392 g/mol. The van der Waals surface area contributed by atoms with E-state index in [1.165, 1.54) is 95.5 Å². The summed E-state index contributed by atoms with van der Waals surface area (Å²) in [5, 5.41) is 0. The van der Waals surface area contributed by atoms with E-state index in [1.54, 1.807) is 0 Å². The summed E-state index contributed by atoms with van der Waals surface area (Å²) in [7, 11) is 0. The number of rotatable bonds is 20. The zero-order valence-corrected chi connectivity index (χ0v) is 22.3. The predicted octanol–water partition coefficient (Wildman–Crippen LogP) is 10.0. The predicted molar refractivity (Wildman–Crippen MR) is 141 cm³/mol. The molecule has 0 unspecified atom stereocenters. The van der Waals surface area contributed by atoms with Crippen molar-refractivity contribution >= 4 is 0 Å². The highest BCUT2D eigenvalue weighted by Crippen LogP contribution is 2.33. The van der Waals surface area contributed by atoms with Crippen LogP contribution in [0, 0.1) is 0 Å². The lowest BCUT2D eigenvalue weighted by Gasteiger charge is -2.21. The highest BCUT2D eigenvalue weighted by Gasteiger charge is 2.17. The number of hydrogen-bond acceptors (Lipinski definition) is 2. The van der Waals surface area contributed by atoms with E-state index in [4.69, 9.17) is 9.47 Å². The van der Waals surface area contributed by atoms with E-state index in [1.807, 2.05) is 0 Å². The Bertz CT molecular complexity index is 558. The molecule has 1 rings (SSSR count). The zero-order valence-electron chi connectivity index (χ0n) is 22.3. The first-order valence-electron chi connectivity index (χ1n) is 13.9. The van der Waals surface area contributed by atoms with Crippen LogP contribution < -0.4 is 9.47 Å². The van der Waals surface area contributed by atoms with Gasteiger partial charge in [-0.15, -0.1) is 0 Å². The Morgan fingerprint density at radius 1 is 0.531 bits per heavy atom. The molecule has 2 nitrogen and oxygen atoms in total. The summed E-state index contributed by atoms with van der Waals surface area (Å²) in [6.45, 7) is 12.9. The fraction of sp³-hybridized carbons (Fsp3) is 0.800. The van der Waals surface area contributed by atoms with Crippen LogP contribution in [0.25, 0.3) is 0 Å². The van der Waals surface area contributed by atoms with Gasteiger partial charge in [0.05, 0.1) is 13.2 Å². The first-order chi connectivity index (χ1) is 15.5. The molecule has 1 aromatic carbocycles. The third kappa shape index (κ3) is 14.1. The van der Waals surface area contributed by atoms with Gasteiger partial charge in [-0.1, -0.05) is 131 Å². The summed E-state index contributed by atoms with van der Waals surface area (Å²) < 4.78 is 12.4. The SMILES string of the molecule is CCCCCCCCCCOc1ccc(C(C)(C)C)cc1OCCCCCCCCCC. The van der Waals surface area contributed by atoms with Crippen LogP contribution in [0.2, 0.25) is 0 Å². The lowest BCUT2D eigenvalue weighted by molar-refractivity contribution is 0.257. The summed E-state index contributed by atoms with van der Waals surface area (Å²) in [6, 6.07) is 6.52. The molecule has 2 heteroatoms. The largest absolute Gasteiger partial charge is 0.490 e. The summed E-state index contributed by atoms with van der Waals surface area (Å²) in [6.07, 6.45) is 21.2. The van der Waals surface area contributed by atoms with Gasteiger partial charge in [0.15, 0.2) is 11.5 Å². The van der Waals surface area contributed by atoms with Crippen LogP contribution in [-0.2, 0) is 5.41 Å². The van der Waals surface area contributed by atoms with Crippen LogP contribution >= 0.6 is 0 Å². The minimum Gasteiger partial charge on any atom is -0.490 e. The fourth-order valence-corrected chi connectivity index (χ4v) is 4.04. The maximum Gasteiger partial charge on any atom is 0.161 e. The van der Waals surface area contributed by atoms with Gasteiger partial charge < -0.3 is 9.47 Å². The van der Waals surface area contributed by atoms with Gasteiger partial charge in [0.25, 0.3) is 0 Å². The van der Waals surface area contributed by atoms with E-state index in [-0.39, 0.29) is 5.41 Å². The van der Waals surface area contributed by atoms with Crippen molar-refractivity contribution in [1.29, 1.82) is 0 Å². The first kappa shape index (κ1) is 28.9. The lowest BCUT2D eigenvalue weighted by Crippen LogP contribution is -2.12. The molecule has 0 saturated carbocycles. The Kier molecular flexibility index (Phi) is 16.5. The van der Waals surface area contributed by atoms with E-state index in [0.717, 1.165) is 37.6 Å². The molecule has 32 heavy (non-hydrogen) atoms. The molecule has 0 aliphatic heterocycles. The van der Waals surface area contributed by atoms with Gasteiger partial charge in [-0.3, -0.25) is 0 Å². The molecule has 0 heterocycles. The van der Waals surface area contributed by atoms with E-state index >= 15 is 0 Å². The van der Waals surface area contributed by atoms with Gasteiger partial charge in [0.2, 0.25) is 0 Å². The van der Waals surface area contributed by atoms with Crippen molar-refractivity contribution < 1.29 is 9.47 Å². The molecule has 0 aliphatic rings. The molecule has 1 aromatic rings. The van der Waals surface area contributed by atoms with Crippen LogP contribution in [0.5, 0.6) is 11.5 Å². The van der Waals surface area contributed by atoms with Crippen molar-refractivity contribution in [3.8, 4) is 11.5 Å². The minimum atomic E-state index is 0.118. The molecule has 0 aromatic heterocycles. The topological polar surface area (TPSA) is 18.5 Å². The average molecular weight is 447 g/mol. The average Bonchev–Trinajstić information content (AvgIpc) is 2.76. The smallest absolute Gasteiger partial charge is 0.161 e. The van der Waals surface area contributed by atoms with Crippen molar-refractivity contribution in [2.45, 2.75) is 143 Å². The van der Waals surface area contributed by atoms with Gasteiger partial charge >= 0.3 is 0 Å². The monoisotopic (exact) mass is 446 g/mol. The molecule has 0 bridgehead atoms. The van der Waals surface area contributed by atoms with Gasteiger partial charge in [-0.2, -0.15) is 0 Å². The van der Waals surface area contributed by atoms with Gasteiger partial charge in [-0.25, -0.2) is 0 Å². The Morgan fingerprint density at radius 3 is 1.38 bits per heavy atom. The molecular formula is C30H54O2. The third-order valence-corrected chi connectivity index (χ3v) is 6.32.